The minimum Gasteiger partial charge on any atom is -0.330 e. The summed E-state index contributed by atoms with van der Waals surface area (Å²) in [6, 6.07) is 2.10. The van der Waals surface area contributed by atoms with Crippen LogP contribution < -0.4 is 11.1 Å². The Bertz CT molecular complexity index is 548. The summed E-state index contributed by atoms with van der Waals surface area (Å²) < 4.78 is 37.0. The summed E-state index contributed by atoms with van der Waals surface area (Å²) in [5.41, 5.74) is 5.21. The lowest BCUT2D eigenvalue weighted by atomic mass is 10.3. The Kier molecular flexibility index (Phi) is 3.72. The molecule has 102 valence electrons. The molecule has 2 rings (SSSR count). The molecule has 0 fully saturated rings. The molecule has 1 atom stereocenters. The van der Waals surface area contributed by atoms with Crippen LogP contribution in [0.4, 0.5) is 24.0 Å². The zero-order chi connectivity index (χ0) is 14.0. The highest BCUT2D eigenvalue weighted by molar-refractivity contribution is 7.15. The zero-order valence-corrected chi connectivity index (χ0v) is 10.7. The molecule has 4 nitrogen and oxygen atoms in total. The van der Waals surface area contributed by atoms with Crippen LogP contribution in [-0.4, -0.2) is 9.97 Å². The standard InChI is InChI=1S/C11H11F3N4S/c1-6(15)8-5-17-10(19-8)18-7-2-3-9(16-4-7)11(12,13)14/h2-6H,15H2,1H3,(H,17,18). The molecule has 0 radical (unpaired) electrons. The molecule has 2 aromatic rings. The van der Waals surface area contributed by atoms with Crippen LogP contribution in [0.3, 0.4) is 0 Å². The Morgan fingerprint density at radius 3 is 2.47 bits per heavy atom. The molecule has 19 heavy (non-hydrogen) atoms. The molecule has 2 heterocycles. The molecule has 3 N–H and O–H groups in total. The van der Waals surface area contributed by atoms with Gasteiger partial charge in [-0.15, -0.1) is 11.3 Å². The number of nitrogens with two attached hydrogens (primary N) is 1. The van der Waals surface area contributed by atoms with Crippen LogP contribution in [0.15, 0.2) is 24.5 Å². The van der Waals surface area contributed by atoms with E-state index in [4.69, 9.17) is 5.73 Å². The molecule has 0 saturated heterocycles. The summed E-state index contributed by atoms with van der Waals surface area (Å²) in [6.07, 6.45) is -1.67. The fourth-order valence-electron chi connectivity index (χ4n) is 1.31. The van der Waals surface area contributed by atoms with E-state index < -0.39 is 11.9 Å². The minimum absolute atomic E-state index is 0.126. The predicted octanol–water partition coefficient (Wildman–Crippen LogP) is 3.32. The second-order valence-corrected chi connectivity index (χ2v) is 4.97. The highest BCUT2D eigenvalue weighted by atomic mass is 32.1. The maximum Gasteiger partial charge on any atom is 0.433 e. The maximum absolute atomic E-state index is 12.3. The van der Waals surface area contributed by atoms with Gasteiger partial charge in [0.15, 0.2) is 5.13 Å². The zero-order valence-electron chi connectivity index (χ0n) is 9.90. The third-order valence-electron chi connectivity index (χ3n) is 2.28. The minimum atomic E-state index is -4.43. The summed E-state index contributed by atoms with van der Waals surface area (Å²) in [5, 5.41) is 3.44. The largest absolute Gasteiger partial charge is 0.433 e. The van der Waals surface area contributed by atoms with Gasteiger partial charge in [-0.25, -0.2) is 9.97 Å². The highest BCUT2D eigenvalue weighted by Crippen LogP contribution is 2.29. The third-order valence-corrected chi connectivity index (χ3v) is 3.39. The van der Waals surface area contributed by atoms with Crippen molar-refractivity contribution in [2.75, 3.05) is 5.32 Å². The fourth-order valence-corrected chi connectivity index (χ4v) is 2.10. The SMILES string of the molecule is CC(N)c1cnc(Nc2ccc(C(F)(F)F)nc2)s1. The number of aromatic nitrogens is 2. The summed E-state index contributed by atoms with van der Waals surface area (Å²) in [7, 11) is 0. The van der Waals surface area contributed by atoms with Gasteiger partial charge in [0.2, 0.25) is 0 Å². The van der Waals surface area contributed by atoms with E-state index in [0.29, 0.717) is 10.8 Å². The van der Waals surface area contributed by atoms with Crippen molar-refractivity contribution >= 4 is 22.2 Å². The van der Waals surface area contributed by atoms with Gasteiger partial charge in [-0.3, -0.25) is 0 Å². The third kappa shape index (κ3) is 3.42. The smallest absolute Gasteiger partial charge is 0.330 e. The Labute approximate surface area is 111 Å². The Morgan fingerprint density at radius 1 is 1.26 bits per heavy atom. The van der Waals surface area contributed by atoms with E-state index in [1.54, 1.807) is 6.20 Å². The van der Waals surface area contributed by atoms with E-state index in [9.17, 15) is 13.2 Å². The quantitative estimate of drug-likeness (QED) is 0.909. The number of halogens is 3. The van der Waals surface area contributed by atoms with Crippen LogP contribution in [0.25, 0.3) is 0 Å². The number of pyridine rings is 1. The summed E-state index contributed by atoms with van der Waals surface area (Å²) >= 11 is 1.35. The number of alkyl halides is 3. The number of nitrogens with one attached hydrogen (secondary N) is 1. The van der Waals surface area contributed by atoms with Crippen LogP contribution >= 0.6 is 11.3 Å². The number of thiazole rings is 1. The first-order chi connectivity index (χ1) is 8.86. The second-order valence-electron chi connectivity index (χ2n) is 3.91. The Balaban J connectivity index is 2.11. The fraction of sp³-hybridized carbons (Fsp3) is 0.273. The molecule has 2 aromatic heterocycles. The van der Waals surface area contributed by atoms with Gasteiger partial charge < -0.3 is 11.1 Å². The monoisotopic (exact) mass is 288 g/mol. The van der Waals surface area contributed by atoms with E-state index >= 15 is 0 Å². The van der Waals surface area contributed by atoms with E-state index in [2.05, 4.69) is 15.3 Å². The lowest BCUT2D eigenvalue weighted by molar-refractivity contribution is -0.141. The van der Waals surface area contributed by atoms with Gasteiger partial charge in [0.1, 0.15) is 5.69 Å². The number of hydrogen-bond acceptors (Lipinski definition) is 5. The molecule has 8 heteroatoms. The number of hydrogen-bond donors (Lipinski definition) is 2. The van der Waals surface area contributed by atoms with Crippen molar-refractivity contribution in [2.24, 2.45) is 5.73 Å². The van der Waals surface area contributed by atoms with Gasteiger partial charge >= 0.3 is 6.18 Å². The average Bonchev–Trinajstić information content (AvgIpc) is 2.77. The van der Waals surface area contributed by atoms with Crippen molar-refractivity contribution < 1.29 is 13.2 Å². The Morgan fingerprint density at radius 2 is 2.00 bits per heavy atom. The average molecular weight is 288 g/mol. The predicted molar refractivity (Wildman–Crippen MR) is 67.2 cm³/mol. The lowest BCUT2D eigenvalue weighted by Gasteiger charge is -2.06. The van der Waals surface area contributed by atoms with Gasteiger partial charge in [-0.2, -0.15) is 13.2 Å². The first kappa shape index (κ1) is 13.8. The van der Waals surface area contributed by atoms with Crippen molar-refractivity contribution in [2.45, 2.75) is 19.1 Å². The molecule has 0 aromatic carbocycles. The van der Waals surface area contributed by atoms with Crippen LogP contribution in [-0.2, 0) is 6.18 Å². The molecule has 0 spiro atoms. The maximum atomic E-state index is 12.3. The van der Waals surface area contributed by atoms with E-state index in [-0.39, 0.29) is 6.04 Å². The molecule has 0 saturated carbocycles. The van der Waals surface area contributed by atoms with Crippen LogP contribution in [0.1, 0.15) is 23.5 Å². The lowest BCUT2D eigenvalue weighted by Crippen LogP contribution is -2.07. The van der Waals surface area contributed by atoms with Crippen LogP contribution in [0.2, 0.25) is 0 Å². The molecular weight excluding hydrogens is 277 g/mol. The van der Waals surface area contributed by atoms with Crippen LogP contribution in [0.5, 0.6) is 0 Å². The van der Waals surface area contributed by atoms with E-state index in [1.807, 2.05) is 6.92 Å². The van der Waals surface area contributed by atoms with E-state index in [1.165, 1.54) is 17.4 Å². The summed E-state index contributed by atoms with van der Waals surface area (Å²) in [4.78, 5) is 8.33. The van der Waals surface area contributed by atoms with Crippen molar-refractivity contribution in [3.05, 3.63) is 35.1 Å². The van der Waals surface area contributed by atoms with Gasteiger partial charge in [0.25, 0.3) is 0 Å². The molecule has 0 aliphatic carbocycles. The van der Waals surface area contributed by atoms with Crippen molar-refractivity contribution in [3.63, 3.8) is 0 Å². The van der Waals surface area contributed by atoms with Gasteiger partial charge in [0.05, 0.1) is 11.9 Å². The van der Waals surface area contributed by atoms with Gasteiger partial charge in [0, 0.05) is 17.1 Å². The van der Waals surface area contributed by atoms with Crippen molar-refractivity contribution in [1.82, 2.24) is 9.97 Å². The number of anilines is 2. The number of nitrogens with zero attached hydrogens (tertiary/aromatic N) is 2. The topological polar surface area (TPSA) is 63.8 Å². The molecule has 1 unspecified atom stereocenters. The second kappa shape index (κ2) is 5.14. The highest BCUT2D eigenvalue weighted by Gasteiger charge is 2.32. The van der Waals surface area contributed by atoms with Gasteiger partial charge in [-0.05, 0) is 19.1 Å². The molecular formula is C11H11F3N4S. The van der Waals surface area contributed by atoms with Crippen molar-refractivity contribution in [3.8, 4) is 0 Å². The molecule has 0 aliphatic heterocycles. The molecule has 0 bridgehead atoms. The summed E-state index contributed by atoms with van der Waals surface area (Å²) in [6.45, 7) is 1.83. The van der Waals surface area contributed by atoms with Crippen LogP contribution in [0, 0.1) is 0 Å². The van der Waals surface area contributed by atoms with E-state index in [0.717, 1.165) is 17.1 Å². The molecule has 0 aliphatic rings. The molecule has 0 amide bonds. The normalized spacial score (nSPS) is 13.3. The Hall–Kier alpha value is -1.67. The van der Waals surface area contributed by atoms with Crippen molar-refractivity contribution in [1.29, 1.82) is 0 Å². The van der Waals surface area contributed by atoms with Gasteiger partial charge in [-0.1, -0.05) is 0 Å². The first-order valence-corrected chi connectivity index (χ1v) is 6.19. The summed E-state index contributed by atoms with van der Waals surface area (Å²) in [5.74, 6) is 0. The number of rotatable bonds is 3. The first-order valence-electron chi connectivity index (χ1n) is 5.38.